The van der Waals surface area contributed by atoms with Crippen LogP contribution in [0, 0.1) is 0 Å². The quantitative estimate of drug-likeness (QED) is 0.419. The van der Waals surface area contributed by atoms with E-state index in [9.17, 15) is 0 Å². The first-order valence-corrected chi connectivity index (χ1v) is 6.01. The Morgan fingerprint density at radius 1 is 1.22 bits per heavy atom. The maximum atomic E-state index is 5.70. The van der Waals surface area contributed by atoms with Crippen molar-refractivity contribution in [2.45, 2.75) is 25.7 Å². The molecule has 0 aliphatic rings. The number of hydrogen-bond acceptors (Lipinski definition) is 5. The van der Waals surface area contributed by atoms with E-state index >= 15 is 0 Å². The Labute approximate surface area is 108 Å². The van der Waals surface area contributed by atoms with Crippen LogP contribution in [0.5, 0.6) is 5.75 Å². The number of hydrazine groups is 1. The van der Waals surface area contributed by atoms with Crippen LogP contribution in [0.1, 0.15) is 24.9 Å². The van der Waals surface area contributed by atoms with Gasteiger partial charge in [0, 0.05) is 19.8 Å². The van der Waals surface area contributed by atoms with Crippen LogP contribution in [0.3, 0.4) is 0 Å². The van der Waals surface area contributed by atoms with Crippen LogP contribution in [-0.4, -0.2) is 27.1 Å². The SMILES string of the molecule is CCCOc1ccccc1C(NN)C(OC)OC. The second-order valence-corrected chi connectivity index (χ2v) is 3.87. The molecule has 0 spiro atoms. The maximum Gasteiger partial charge on any atom is 0.177 e. The number of benzene rings is 1. The Morgan fingerprint density at radius 2 is 1.89 bits per heavy atom. The highest BCUT2D eigenvalue weighted by Gasteiger charge is 2.24. The minimum Gasteiger partial charge on any atom is -0.493 e. The number of hydrogen-bond donors (Lipinski definition) is 2. The zero-order valence-corrected chi connectivity index (χ0v) is 11.2. The van der Waals surface area contributed by atoms with Gasteiger partial charge in [-0.05, 0) is 12.5 Å². The predicted octanol–water partition coefficient (Wildman–Crippen LogP) is 1.60. The van der Waals surface area contributed by atoms with Crippen LogP contribution >= 0.6 is 0 Å². The van der Waals surface area contributed by atoms with Crippen molar-refractivity contribution in [3.8, 4) is 5.75 Å². The molecule has 18 heavy (non-hydrogen) atoms. The lowest BCUT2D eigenvalue weighted by Gasteiger charge is -2.26. The van der Waals surface area contributed by atoms with Gasteiger partial charge in [-0.2, -0.15) is 0 Å². The molecule has 5 nitrogen and oxygen atoms in total. The zero-order chi connectivity index (χ0) is 13.4. The van der Waals surface area contributed by atoms with E-state index in [2.05, 4.69) is 12.3 Å². The fraction of sp³-hybridized carbons (Fsp3) is 0.538. The van der Waals surface area contributed by atoms with Crippen LogP contribution in [-0.2, 0) is 9.47 Å². The fourth-order valence-electron chi connectivity index (χ4n) is 1.76. The van der Waals surface area contributed by atoms with Crippen LogP contribution in [0.4, 0.5) is 0 Å². The first kappa shape index (κ1) is 14.9. The highest BCUT2D eigenvalue weighted by Crippen LogP contribution is 2.28. The van der Waals surface area contributed by atoms with Gasteiger partial charge in [-0.25, -0.2) is 5.43 Å². The molecule has 1 rings (SSSR count). The van der Waals surface area contributed by atoms with E-state index < -0.39 is 6.29 Å². The number of nitrogens with one attached hydrogen (secondary N) is 1. The lowest BCUT2D eigenvalue weighted by atomic mass is 10.1. The van der Waals surface area contributed by atoms with Gasteiger partial charge in [0.15, 0.2) is 6.29 Å². The summed E-state index contributed by atoms with van der Waals surface area (Å²) >= 11 is 0. The van der Waals surface area contributed by atoms with Crippen molar-refractivity contribution >= 4 is 0 Å². The number of nitrogens with two attached hydrogens (primary N) is 1. The molecule has 1 aromatic rings. The lowest BCUT2D eigenvalue weighted by Crippen LogP contribution is -2.38. The molecule has 0 aromatic heterocycles. The standard InChI is InChI=1S/C13H22N2O3/c1-4-9-18-11-8-6-5-7-10(11)12(15-14)13(16-2)17-3/h5-8,12-13,15H,4,9,14H2,1-3H3. The summed E-state index contributed by atoms with van der Waals surface area (Å²) in [5.74, 6) is 6.38. The van der Waals surface area contributed by atoms with Crippen molar-refractivity contribution in [3.05, 3.63) is 29.8 Å². The third-order valence-corrected chi connectivity index (χ3v) is 2.63. The van der Waals surface area contributed by atoms with E-state index in [4.69, 9.17) is 20.1 Å². The van der Waals surface area contributed by atoms with Gasteiger partial charge in [0.2, 0.25) is 0 Å². The van der Waals surface area contributed by atoms with Gasteiger partial charge >= 0.3 is 0 Å². The van der Waals surface area contributed by atoms with Gasteiger partial charge in [0.1, 0.15) is 11.8 Å². The molecule has 0 bridgehead atoms. The summed E-state index contributed by atoms with van der Waals surface area (Å²) in [7, 11) is 3.15. The van der Waals surface area contributed by atoms with Crippen molar-refractivity contribution in [2.24, 2.45) is 5.84 Å². The molecular formula is C13H22N2O3. The van der Waals surface area contributed by atoms with Crippen molar-refractivity contribution in [2.75, 3.05) is 20.8 Å². The van der Waals surface area contributed by atoms with Gasteiger partial charge in [0.05, 0.1) is 6.61 Å². The maximum absolute atomic E-state index is 5.70. The molecule has 0 fully saturated rings. The summed E-state index contributed by atoms with van der Waals surface area (Å²) in [5.41, 5.74) is 3.63. The molecule has 3 N–H and O–H groups in total. The summed E-state index contributed by atoms with van der Waals surface area (Å²) in [6.07, 6.45) is 0.480. The number of rotatable bonds is 8. The second-order valence-electron chi connectivity index (χ2n) is 3.87. The zero-order valence-electron chi connectivity index (χ0n) is 11.2. The molecule has 1 unspecified atom stereocenters. The van der Waals surface area contributed by atoms with Crippen LogP contribution in [0.2, 0.25) is 0 Å². The predicted molar refractivity (Wildman–Crippen MR) is 70.1 cm³/mol. The van der Waals surface area contributed by atoms with Crippen LogP contribution < -0.4 is 16.0 Å². The average Bonchev–Trinajstić information content (AvgIpc) is 2.43. The van der Waals surface area contributed by atoms with E-state index in [-0.39, 0.29) is 6.04 Å². The van der Waals surface area contributed by atoms with Crippen LogP contribution in [0.15, 0.2) is 24.3 Å². The fourth-order valence-corrected chi connectivity index (χ4v) is 1.76. The Bertz CT molecular complexity index is 343. The minimum absolute atomic E-state index is 0.284. The van der Waals surface area contributed by atoms with Crippen molar-refractivity contribution < 1.29 is 14.2 Å². The van der Waals surface area contributed by atoms with Gasteiger partial charge in [-0.3, -0.25) is 5.84 Å². The third kappa shape index (κ3) is 3.68. The lowest BCUT2D eigenvalue weighted by molar-refractivity contribution is -0.124. The van der Waals surface area contributed by atoms with Gasteiger partial charge in [-0.1, -0.05) is 25.1 Å². The van der Waals surface area contributed by atoms with E-state index in [1.165, 1.54) is 0 Å². The van der Waals surface area contributed by atoms with Gasteiger partial charge in [-0.15, -0.1) is 0 Å². The summed E-state index contributed by atoms with van der Waals surface area (Å²) in [4.78, 5) is 0. The smallest absolute Gasteiger partial charge is 0.177 e. The van der Waals surface area contributed by atoms with E-state index in [1.807, 2.05) is 24.3 Å². The minimum atomic E-state index is -0.471. The normalized spacial score (nSPS) is 12.7. The molecule has 1 aromatic carbocycles. The summed E-state index contributed by atoms with van der Waals surface area (Å²) in [6, 6.07) is 7.43. The first-order chi connectivity index (χ1) is 8.78. The average molecular weight is 254 g/mol. The third-order valence-electron chi connectivity index (χ3n) is 2.63. The molecule has 1 atom stereocenters. The Kier molecular flexibility index (Phi) is 6.67. The molecule has 5 heteroatoms. The highest BCUT2D eigenvalue weighted by atomic mass is 16.7. The number of ether oxygens (including phenoxy) is 3. The molecule has 102 valence electrons. The second kappa shape index (κ2) is 8.05. The van der Waals surface area contributed by atoms with Gasteiger partial charge in [0.25, 0.3) is 0 Å². The number of para-hydroxylation sites is 1. The molecular weight excluding hydrogens is 232 g/mol. The Morgan fingerprint density at radius 3 is 2.44 bits per heavy atom. The van der Waals surface area contributed by atoms with Crippen LogP contribution in [0.25, 0.3) is 0 Å². The van der Waals surface area contributed by atoms with E-state index in [0.29, 0.717) is 6.61 Å². The largest absolute Gasteiger partial charge is 0.493 e. The van der Waals surface area contributed by atoms with E-state index in [0.717, 1.165) is 17.7 Å². The molecule has 0 heterocycles. The monoisotopic (exact) mass is 254 g/mol. The highest BCUT2D eigenvalue weighted by molar-refractivity contribution is 5.36. The van der Waals surface area contributed by atoms with Crippen molar-refractivity contribution in [3.63, 3.8) is 0 Å². The molecule has 0 aliphatic heterocycles. The van der Waals surface area contributed by atoms with Gasteiger partial charge < -0.3 is 14.2 Å². The molecule has 0 saturated heterocycles. The van der Waals surface area contributed by atoms with E-state index in [1.54, 1.807) is 14.2 Å². The Balaban J connectivity index is 2.96. The molecule has 0 amide bonds. The summed E-state index contributed by atoms with van der Waals surface area (Å²) in [5, 5.41) is 0. The molecule has 0 aliphatic carbocycles. The first-order valence-electron chi connectivity index (χ1n) is 6.01. The molecule has 0 saturated carbocycles. The van der Waals surface area contributed by atoms with Crippen molar-refractivity contribution in [1.82, 2.24) is 5.43 Å². The number of methoxy groups -OCH3 is 2. The van der Waals surface area contributed by atoms with Crippen molar-refractivity contribution in [1.29, 1.82) is 0 Å². The summed E-state index contributed by atoms with van der Waals surface area (Å²) in [6.45, 7) is 2.73. The molecule has 0 radical (unpaired) electrons. The Hall–Kier alpha value is -1.14. The topological polar surface area (TPSA) is 65.7 Å². The summed E-state index contributed by atoms with van der Waals surface area (Å²) < 4.78 is 16.2.